The van der Waals surface area contributed by atoms with Crippen LogP contribution in [0, 0.1) is 0 Å². The molecule has 128 valence electrons. The lowest BCUT2D eigenvalue weighted by Gasteiger charge is -2.20. The van der Waals surface area contributed by atoms with Crippen molar-refractivity contribution in [1.82, 2.24) is 0 Å². The lowest BCUT2D eigenvalue weighted by molar-refractivity contribution is 0.0733. The summed E-state index contributed by atoms with van der Waals surface area (Å²) in [4.78, 5) is 12.3. The molecule has 0 atom stereocenters. The first kappa shape index (κ1) is 18.5. The number of benzene rings is 2. The highest BCUT2D eigenvalue weighted by Gasteiger charge is 2.17. The fraction of sp³-hybridized carbons (Fsp3) is 0.350. The summed E-state index contributed by atoms with van der Waals surface area (Å²) in [7, 11) is 0. The van der Waals surface area contributed by atoms with Crippen LogP contribution in [0.25, 0.3) is 0 Å². The fourth-order valence-electron chi connectivity index (χ4n) is 2.12. The number of esters is 1. The number of hydrogen-bond donors (Lipinski definition) is 0. The molecular weight excluding hydrogens is 368 g/mol. The van der Waals surface area contributed by atoms with Gasteiger partial charge < -0.3 is 9.47 Å². The molecule has 0 fully saturated rings. The van der Waals surface area contributed by atoms with Gasteiger partial charge in [-0.15, -0.1) is 0 Å². The summed E-state index contributed by atoms with van der Waals surface area (Å²) in [5, 5.41) is 0. The Morgan fingerprint density at radius 1 is 1.08 bits per heavy atom. The second-order valence-corrected chi connectivity index (χ2v) is 7.51. The van der Waals surface area contributed by atoms with Crippen molar-refractivity contribution < 1.29 is 14.3 Å². The van der Waals surface area contributed by atoms with Crippen LogP contribution < -0.4 is 9.47 Å². The average Bonchev–Trinajstić information content (AvgIpc) is 2.54. The van der Waals surface area contributed by atoms with E-state index in [4.69, 9.17) is 9.47 Å². The summed E-state index contributed by atoms with van der Waals surface area (Å²) in [5.41, 5.74) is 1.71. The number of hydrogen-bond acceptors (Lipinski definition) is 3. The molecule has 0 saturated heterocycles. The first-order chi connectivity index (χ1) is 11.3. The van der Waals surface area contributed by atoms with Crippen LogP contribution in [0.1, 0.15) is 50.0 Å². The molecule has 0 spiro atoms. The highest BCUT2D eigenvalue weighted by Crippen LogP contribution is 2.32. The van der Waals surface area contributed by atoms with Crippen LogP contribution >= 0.6 is 15.9 Å². The molecular formula is C20H23BrO3. The zero-order valence-electron chi connectivity index (χ0n) is 14.6. The summed E-state index contributed by atoms with van der Waals surface area (Å²) in [6, 6.07) is 12.8. The third kappa shape index (κ3) is 4.84. The second-order valence-electron chi connectivity index (χ2n) is 6.66. The van der Waals surface area contributed by atoms with Gasteiger partial charge >= 0.3 is 5.97 Å². The van der Waals surface area contributed by atoms with E-state index in [2.05, 4.69) is 43.6 Å². The first-order valence-corrected chi connectivity index (χ1v) is 8.85. The topological polar surface area (TPSA) is 35.5 Å². The van der Waals surface area contributed by atoms with Gasteiger partial charge in [0.15, 0.2) is 0 Å². The second kappa shape index (κ2) is 7.84. The minimum Gasteiger partial charge on any atom is -0.494 e. The maximum Gasteiger partial charge on any atom is 0.343 e. The lowest BCUT2D eigenvalue weighted by Crippen LogP contribution is -2.12. The summed E-state index contributed by atoms with van der Waals surface area (Å²) in [6.07, 6.45) is 0.947. The number of carbonyl (C=O) groups is 1. The van der Waals surface area contributed by atoms with E-state index in [-0.39, 0.29) is 11.4 Å². The average molecular weight is 391 g/mol. The Balaban J connectivity index is 2.09. The Labute approximate surface area is 152 Å². The molecule has 4 heteroatoms. The van der Waals surface area contributed by atoms with Gasteiger partial charge in [0, 0.05) is 0 Å². The Hall–Kier alpha value is -1.81. The van der Waals surface area contributed by atoms with Crippen molar-refractivity contribution in [1.29, 1.82) is 0 Å². The van der Waals surface area contributed by atoms with Crippen LogP contribution in [0.2, 0.25) is 0 Å². The molecule has 0 heterocycles. The zero-order valence-corrected chi connectivity index (χ0v) is 16.1. The SMILES string of the molecule is CCCOc1ccc(C(=O)Oc2ccc(C(C)(C)C)cc2Br)cc1. The van der Waals surface area contributed by atoms with E-state index < -0.39 is 0 Å². The van der Waals surface area contributed by atoms with Gasteiger partial charge in [-0.05, 0) is 69.7 Å². The molecule has 0 aliphatic rings. The normalized spacial score (nSPS) is 11.2. The maximum atomic E-state index is 12.3. The van der Waals surface area contributed by atoms with Crippen molar-refractivity contribution in [3.8, 4) is 11.5 Å². The largest absolute Gasteiger partial charge is 0.494 e. The van der Waals surface area contributed by atoms with Gasteiger partial charge in [0.05, 0.1) is 16.6 Å². The van der Waals surface area contributed by atoms with Gasteiger partial charge in [0.2, 0.25) is 0 Å². The van der Waals surface area contributed by atoms with Crippen molar-refractivity contribution >= 4 is 21.9 Å². The molecule has 2 aromatic rings. The van der Waals surface area contributed by atoms with Crippen LogP contribution in [0.3, 0.4) is 0 Å². The predicted octanol–water partition coefficient (Wildman–Crippen LogP) is 5.75. The summed E-state index contributed by atoms with van der Waals surface area (Å²) < 4.78 is 11.8. The van der Waals surface area contributed by atoms with Crippen molar-refractivity contribution in [3.63, 3.8) is 0 Å². The highest BCUT2D eigenvalue weighted by atomic mass is 79.9. The molecule has 0 radical (unpaired) electrons. The Morgan fingerprint density at radius 3 is 2.29 bits per heavy atom. The van der Waals surface area contributed by atoms with Gasteiger partial charge in [-0.2, -0.15) is 0 Å². The van der Waals surface area contributed by atoms with Gasteiger partial charge in [-0.1, -0.05) is 33.8 Å². The van der Waals surface area contributed by atoms with Crippen molar-refractivity contribution in [2.24, 2.45) is 0 Å². The standard InChI is InChI=1S/C20H23BrO3/c1-5-12-23-16-9-6-14(7-10-16)19(22)24-18-11-8-15(13-17(18)21)20(2,3)4/h6-11,13H,5,12H2,1-4H3. The molecule has 2 rings (SSSR count). The number of rotatable bonds is 5. The molecule has 2 aromatic carbocycles. The fourth-order valence-corrected chi connectivity index (χ4v) is 2.58. The van der Waals surface area contributed by atoms with E-state index >= 15 is 0 Å². The van der Waals surface area contributed by atoms with E-state index in [1.54, 1.807) is 24.3 Å². The van der Waals surface area contributed by atoms with E-state index in [0.29, 0.717) is 17.9 Å². The van der Waals surface area contributed by atoms with Gasteiger partial charge in [-0.3, -0.25) is 0 Å². The van der Waals surface area contributed by atoms with Crippen LogP contribution in [-0.2, 0) is 5.41 Å². The predicted molar refractivity (Wildman–Crippen MR) is 100 cm³/mol. The molecule has 3 nitrogen and oxygen atoms in total. The summed E-state index contributed by atoms with van der Waals surface area (Å²) >= 11 is 3.48. The molecule has 0 aromatic heterocycles. The molecule has 0 amide bonds. The Morgan fingerprint density at radius 2 is 1.75 bits per heavy atom. The van der Waals surface area contributed by atoms with Crippen LogP contribution in [0.5, 0.6) is 11.5 Å². The molecule has 0 N–H and O–H groups in total. The van der Waals surface area contributed by atoms with Gasteiger partial charge in [0.1, 0.15) is 11.5 Å². The molecule has 0 saturated carbocycles. The quantitative estimate of drug-likeness (QED) is 0.481. The van der Waals surface area contributed by atoms with Crippen molar-refractivity contribution in [3.05, 3.63) is 58.1 Å². The minimum atomic E-state index is -0.388. The Kier molecular flexibility index (Phi) is 6.05. The number of halogens is 1. The van der Waals surface area contributed by atoms with E-state index in [1.807, 2.05) is 18.2 Å². The van der Waals surface area contributed by atoms with Crippen molar-refractivity contribution in [2.75, 3.05) is 6.61 Å². The smallest absolute Gasteiger partial charge is 0.343 e. The number of carbonyl (C=O) groups excluding carboxylic acids is 1. The molecule has 0 unspecified atom stereocenters. The van der Waals surface area contributed by atoms with E-state index in [1.165, 1.54) is 5.56 Å². The first-order valence-electron chi connectivity index (χ1n) is 8.06. The van der Waals surface area contributed by atoms with E-state index in [9.17, 15) is 4.79 Å². The monoisotopic (exact) mass is 390 g/mol. The molecule has 0 bridgehead atoms. The maximum absolute atomic E-state index is 12.3. The van der Waals surface area contributed by atoms with E-state index in [0.717, 1.165) is 16.6 Å². The summed E-state index contributed by atoms with van der Waals surface area (Å²) in [5.74, 6) is 0.879. The van der Waals surface area contributed by atoms with Gasteiger partial charge in [0.25, 0.3) is 0 Å². The zero-order chi connectivity index (χ0) is 17.7. The Bertz CT molecular complexity index is 700. The van der Waals surface area contributed by atoms with Gasteiger partial charge in [-0.25, -0.2) is 4.79 Å². The lowest BCUT2D eigenvalue weighted by atomic mass is 9.87. The van der Waals surface area contributed by atoms with Crippen LogP contribution in [0.4, 0.5) is 0 Å². The van der Waals surface area contributed by atoms with Crippen molar-refractivity contribution in [2.45, 2.75) is 39.5 Å². The van der Waals surface area contributed by atoms with Crippen LogP contribution in [0.15, 0.2) is 46.9 Å². The third-order valence-corrected chi connectivity index (χ3v) is 4.18. The highest BCUT2D eigenvalue weighted by molar-refractivity contribution is 9.10. The molecule has 24 heavy (non-hydrogen) atoms. The minimum absolute atomic E-state index is 0.0411. The molecule has 0 aliphatic heterocycles. The number of ether oxygens (including phenoxy) is 2. The molecule has 0 aliphatic carbocycles. The van der Waals surface area contributed by atoms with Crippen LogP contribution in [-0.4, -0.2) is 12.6 Å². The third-order valence-electron chi connectivity index (χ3n) is 3.56. The summed E-state index contributed by atoms with van der Waals surface area (Å²) in [6.45, 7) is 9.14.